The summed E-state index contributed by atoms with van der Waals surface area (Å²) >= 11 is 0. The molecule has 24 heavy (non-hydrogen) atoms. The van der Waals surface area contributed by atoms with Crippen molar-refractivity contribution in [2.75, 3.05) is 25.0 Å². The number of amides is 2. The van der Waals surface area contributed by atoms with Gasteiger partial charge in [-0.3, -0.25) is 14.4 Å². The zero-order valence-electron chi connectivity index (χ0n) is 14.2. The fraction of sp³-hybridized carbons (Fsp3) is 0.500. The van der Waals surface area contributed by atoms with E-state index in [-0.39, 0.29) is 24.4 Å². The minimum atomic E-state index is -0.407. The molecule has 0 radical (unpaired) electrons. The molecule has 0 spiro atoms. The van der Waals surface area contributed by atoms with Gasteiger partial charge in [-0.05, 0) is 44.9 Å². The van der Waals surface area contributed by atoms with Crippen molar-refractivity contribution in [1.29, 1.82) is 0 Å². The van der Waals surface area contributed by atoms with Crippen LogP contribution in [0.15, 0.2) is 24.3 Å². The predicted octanol–water partition coefficient (Wildman–Crippen LogP) is 2.45. The third-order valence-corrected chi connectivity index (χ3v) is 4.23. The van der Waals surface area contributed by atoms with Crippen molar-refractivity contribution >= 4 is 23.5 Å². The molecule has 0 bridgehead atoms. The van der Waals surface area contributed by atoms with Crippen LogP contribution in [-0.2, 0) is 14.3 Å². The third-order valence-electron chi connectivity index (χ3n) is 4.23. The van der Waals surface area contributed by atoms with Crippen LogP contribution in [0.5, 0.6) is 0 Å². The Balaban J connectivity index is 1.89. The van der Waals surface area contributed by atoms with Gasteiger partial charge in [0.05, 0.1) is 5.92 Å². The first-order valence-electron chi connectivity index (χ1n) is 8.41. The quantitative estimate of drug-likeness (QED) is 0.778. The number of rotatable bonds is 7. The van der Waals surface area contributed by atoms with Crippen molar-refractivity contribution < 1.29 is 19.1 Å². The molecule has 0 heterocycles. The summed E-state index contributed by atoms with van der Waals surface area (Å²) < 4.78 is 5.00. The number of nitrogens with one attached hydrogen (secondary N) is 1. The van der Waals surface area contributed by atoms with Crippen LogP contribution >= 0.6 is 0 Å². The van der Waals surface area contributed by atoms with E-state index < -0.39 is 5.91 Å². The van der Waals surface area contributed by atoms with Gasteiger partial charge < -0.3 is 15.0 Å². The van der Waals surface area contributed by atoms with Crippen molar-refractivity contribution in [1.82, 2.24) is 4.90 Å². The Morgan fingerprint density at radius 3 is 2.50 bits per heavy atom. The lowest BCUT2D eigenvalue weighted by molar-refractivity contribution is -0.154. The van der Waals surface area contributed by atoms with Gasteiger partial charge in [-0.15, -0.1) is 0 Å². The second-order valence-electron chi connectivity index (χ2n) is 5.84. The molecule has 2 amide bonds. The summed E-state index contributed by atoms with van der Waals surface area (Å²) in [5.74, 6) is -0.836. The van der Waals surface area contributed by atoms with Gasteiger partial charge in [-0.25, -0.2) is 0 Å². The Bertz CT molecular complexity index is 607. The molecular weight excluding hydrogens is 308 g/mol. The van der Waals surface area contributed by atoms with E-state index in [0.717, 1.165) is 19.3 Å². The number of carbonyl (C=O) groups excluding carboxylic acids is 3. The smallest absolute Gasteiger partial charge is 0.309 e. The monoisotopic (exact) mass is 332 g/mol. The lowest BCUT2D eigenvalue weighted by Crippen LogP contribution is -2.30. The van der Waals surface area contributed by atoms with Gasteiger partial charge in [-0.2, -0.15) is 0 Å². The lowest BCUT2D eigenvalue weighted by Gasteiger charge is -2.22. The summed E-state index contributed by atoms with van der Waals surface area (Å²) in [5, 5.41) is 2.66. The van der Waals surface area contributed by atoms with Gasteiger partial charge in [0.25, 0.3) is 11.8 Å². The topological polar surface area (TPSA) is 75.7 Å². The maximum absolute atomic E-state index is 12.3. The van der Waals surface area contributed by atoms with E-state index >= 15 is 0 Å². The fourth-order valence-corrected chi connectivity index (χ4v) is 2.52. The maximum Gasteiger partial charge on any atom is 0.309 e. The molecule has 6 nitrogen and oxygen atoms in total. The number of ether oxygens (including phenoxy) is 1. The highest BCUT2D eigenvalue weighted by atomic mass is 16.5. The molecular formula is C18H24N2O4. The molecule has 0 unspecified atom stereocenters. The fourth-order valence-electron chi connectivity index (χ4n) is 2.52. The number of anilines is 1. The van der Waals surface area contributed by atoms with E-state index in [9.17, 15) is 14.4 Å². The Morgan fingerprint density at radius 1 is 1.21 bits per heavy atom. The highest BCUT2D eigenvalue weighted by molar-refractivity contribution is 5.97. The molecule has 0 atom stereocenters. The Kier molecular flexibility index (Phi) is 6.35. The standard InChI is InChI=1S/C18H24N2O4/c1-3-20(4-2)17(22)14-9-6-10-15(11-14)19-16(21)12-24-18(23)13-7-5-8-13/h6,9-11,13H,3-5,7-8,12H2,1-2H3,(H,19,21). The first kappa shape index (κ1) is 18.0. The van der Waals surface area contributed by atoms with Crippen LogP contribution in [0.25, 0.3) is 0 Å². The molecule has 1 aliphatic carbocycles. The molecule has 0 aromatic heterocycles. The largest absolute Gasteiger partial charge is 0.455 e. The van der Waals surface area contributed by atoms with Gasteiger partial charge in [0.15, 0.2) is 6.61 Å². The van der Waals surface area contributed by atoms with Crippen LogP contribution < -0.4 is 5.32 Å². The molecule has 1 aliphatic rings. The van der Waals surface area contributed by atoms with Gasteiger partial charge >= 0.3 is 5.97 Å². The van der Waals surface area contributed by atoms with Crippen LogP contribution in [0.2, 0.25) is 0 Å². The number of hydrogen-bond acceptors (Lipinski definition) is 4. The minimum absolute atomic E-state index is 0.0483. The first-order valence-corrected chi connectivity index (χ1v) is 8.41. The summed E-state index contributed by atoms with van der Waals surface area (Å²) in [5.41, 5.74) is 1.03. The normalized spacial score (nSPS) is 13.8. The molecule has 1 fully saturated rings. The predicted molar refractivity (Wildman–Crippen MR) is 90.6 cm³/mol. The van der Waals surface area contributed by atoms with Crippen molar-refractivity contribution in [2.24, 2.45) is 5.92 Å². The van der Waals surface area contributed by atoms with Crippen LogP contribution in [0.1, 0.15) is 43.5 Å². The molecule has 0 saturated heterocycles. The maximum atomic E-state index is 12.3. The molecule has 1 aromatic rings. The van der Waals surface area contributed by atoms with Gasteiger partial charge in [0, 0.05) is 24.3 Å². The summed E-state index contributed by atoms with van der Waals surface area (Å²) in [4.78, 5) is 37.5. The van der Waals surface area contributed by atoms with E-state index in [1.807, 2.05) is 13.8 Å². The zero-order chi connectivity index (χ0) is 17.5. The first-order chi connectivity index (χ1) is 11.5. The van der Waals surface area contributed by atoms with E-state index in [1.54, 1.807) is 29.2 Å². The van der Waals surface area contributed by atoms with Crippen LogP contribution in [0.3, 0.4) is 0 Å². The highest BCUT2D eigenvalue weighted by Gasteiger charge is 2.27. The molecule has 130 valence electrons. The van der Waals surface area contributed by atoms with Gasteiger partial charge in [0.2, 0.25) is 0 Å². The molecule has 1 saturated carbocycles. The van der Waals surface area contributed by atoms with Crippen LogP contribution in [0, 0.1) is 5.92 Å². The van der Waals surface area contributed by atoms with Crippen molar-refractivity contribution in [2.45, 2.75) is 33.1 Å². The lowest BCUT2D eigenvalue weighted by atomic mass is 9.86. The minimum Gasteiger partial charge on any atom is -0.455 e. The zero-order valence-corrected chi connectivity index (χ0v) is 14.2. The van der Waals surface area contributed by atoms with Gasteiger partial charge in [-0.1, -0.05) is 12.5 Å². The molecule has 6 heteroatoms. The summed E-state index contributed by atoms with van der Waals surface area (Å²) in [6.07, 6.45) is 2.73. The number of esters is 1. The van der Waals surface area contributed by atoms with Crippen molar-refractivity contribution in [3.63, 3.8) is 0 Å². The summed E-state index contributed by atoms with van der Waals surface area (Å²) in [6.45, 7) is 4.79. The molecule has 1 N–H and O–H groups in total. The number of nitrogens with zero attached hydrogens (tertiary/aromatic N) is 1. The van der Waals surface area contributed by atoms with Crippen LogP contribution in [0.4, 0.5) is 5.69 Å². The molecule has 2 rings (SSSR count). The summed E-state index contributed by atoms with van der Waals surface area (Å²) in [6, 6.07) is 6.76. The van der Waals surface area contributed by atoms with E-state index in [2.05, 4.69) is 5.32 Å². The van der Waals surface area contributed by atoms with Gasteiger partial charge in [0.1, 0.15) is 0 Å². The SMILES string of the molecule is CCN(CC)C(=O)c1cccc(NC(=O)COC(=O)C2CCC2)c1. The average Bonchev–Trinajstić information content (AvgIpc) is 2.52. The summed E-state index contributed by atoms with van der Waals surface area (Å²) in [7, 11) is 0. The number of carbonyl (C=O) groups is 3. The van der Waals surface area contributed by atoms with Crippen molar-refractivity contribution in [3.05, 3.63) is 29.8 Å². The number of benzene rings is 1. The number of hydrogen-bond donors (Lipinski definition) is 1. The second kappa shape index (κ2) is 8.47. The van der Waals surface area contributed by atoms with E-state index in [1.165, 1.54) is 0 Å². The third kappa shape index (κ3) is 4.57. The Hall–Kier alpha value is -2.37. The Labute approximate surface area is 142 Å². The van der Waals surface area contributed by atoms with E-state index in [4.69, 9.17) is 4.74 Å². The molecule has 0 aliphatic heterocycles. The average molecular weight is 332 g/mol. The highest BCUT2D eigenvalue weighted by Crippen LogP contribution is 2.27. The molecule has 1 aromatic carbocycles. The van der Waals surface area contributed by atoms with Crippen molar-refractivity contribution in [3.8, 4) is 0 Å². The Morgan fingerprint density at radius 2 is 1.92 bits per heavy atom. The van der Waals surface area contributed by atoms with E-state index in [0.29, 0.717) is 24.3 Å². The second-order valence-corrected chi connectivity index (χ2v) is 5.84. The van der Waals surface area contributed by atoms with Crippen LogP contribution in [-0.4, -0.2) is 42.4 Å².